The molecular weight excluding hydrogens is 136 g/mol. The maximum atomic E-state index is 9.86. The molecule has 0 amide bonds. The Hall–Kier alpha value is -1.33. The van der Waals surface area contributed by atoms with E-state index in [4.69, 9.17) is 0 Å². The summed E-state index contributed by atoms with van der Waals surface area (Å²) in [6.45, 7) is 2.04. The summed E-state index contributed by atoms with van der Waals surface area (Å²) in [5.74, 6) is 1.76. The maximum absolute atomic E-state index is 9.86. The van der Waals surface area contributed by atoms with Crippen LogP contribution in [0.4, 0.5) is 0 Å². The Balaban J connectivity index is 2.73. The zero-order chi connectivity index (χ0) is 8.10. The molecule has 1 aromatic rings. The summed E-state index contributed by atoms with van der Waals surface area (Å²) in [7, 11) is 0. The van der Waals surface area contributed by atoms with Crippen molar-refractivity contribution in [1.29, 1.82) is 0 Å². The van der Waals surface area contributed by atoms with Crippen LogP contribution in [0, 0.1) is 6.92 Å². The van der Waals surface area contributed by atoms with E-state index in [0.29, 0.717) is 6.42 Å². The Morgan fingerprint density at radius 2 is 2.00 bits per heavy atom. The molecule has 1 rings (SSSR count). The first-order valence-corrected chi connectivity index (χ1v) is 3.58. The molecule has 11 heavy (non-hydrogen) atoms. The van der Waals surface area contributed by atoms with E-state index in [1.165, 1.54) is 11.6 Å². The molecule has 0 heterocycles. The topological polar surface area (TPSA) is 17.1 Å². The van der Waals surface area contributed by atoms with Gasteiger partial charge in [0.2, 0.25) is 0 Å². The average Bonchev–Trinajstić information content (AvgIpc) is 2.04. The van der Waals surface area contributed by atoms with Crippen molar-refractivity contribution < 1.29 is 4.79 Å². The number of hydrogen-bond acceptors (Lipinski definition) is 1. The second-order valence-electron chi connectivity index (χ2n) is 2.51. The van der Waals surface area contributed by atoms with Gasteiger partial charge in [0.1, 0.15) is 5.94 Å². The fraction of sp³-hybridized carbons (Fsp3) is 0.200. The molecule has 56 valence electrons. The summed E-state index contributed by atoms with van der Waals surface area (Å²) in [5, 5.41) is 0. The number of aryl methyl sites for hydroxylation is 1. The zero-order valence-electron chi connectivity index (χ0n) is 6.50. The summed E-state index contributed by atoms with van der Waals surface area (Å²) in [6.07, 6.45) is 2.18. The van der Waals surface area contributed by atoms with Crippen LogP contribution in [-0.2, 0) is 11.2 Å². The first kappa shape index (κ1) is 7.77. The van der Waals surface area contributed by atoms with Crippen molar-refractivity contribution in [2.45, 2.75) is 13.3 Å². The van der Waals surface area contributed by atoms with Gasteiger partial charge in [-0.1, -0.05) is 29.8 Å². The molecule has 0 unspecified atom stereocenters. The minimum atomic E-state index is 0.684. The fourth-order valence-corrected chi connectivity index (χ4v) is 0.884. The van der Waals surface area contributed by atoms with E-state index < -0.39 is 0 Å². The number of benzene rings is 1. The van der Waals surface area contributed by atoms with Gasteiger partial charge in [0, 0.05) is 12.5 Å². The monoisotopic (exact) mass is 146 g/mol. The van der Waals surface area contributed by atoms with Crippen LogP contribution in [0.25, 0.3) is 0 Å². The highest BCUT2D eigenvalue weighted by molar-refractivity contribution is 5.46. The Morgan fingerprint density at radius 1 is 1.36 bits per heavy atom. The van der Waals surface area contributed by atoms with Gasteiger partial charge in [-0.3, -0.25) is 0 Å². The van der Waals surface area contributed by atoms with Crippen molar-refractivity contribution in [2.75, 3.05) is 0 Å². The largest absolute Gasteiger partial charge is 0.234 e. The van der Waals surface area contributed by atoms with Gasteiger partial charge in [-0.15, -0.1) is 0 Å². The SMILES string of the molecule is Cc1ccc(CC=C=O)cc1. The van der Waals surface area contributed by atoms with E-state index in [1.54, 1.807) is 5.94 Å². The second kappa shape index (κ2) is 3.75. The van der Waals surface area contributed by atoms with Crippen LogP contribution in [0.5, 0.6) is 0 Å². The van der Waals surface area contributed by atoms with Gasteiger partial charge in [0.25, 0.3) is 0 Å². The van der Waals surface area contributed by atoms with E-state index in [0.717, 1.165) is 5.56 Å². The van der Waals surface area contributed by atoms with E-state index in [2.05, 4.69) is 0 Å². The van der Waals surface area contributed by atoms with Gasteiger partial charge < -0.3 is 0 Å². The molecule has 0 atom stereocenters. The molecular formula is C10H10O. The number of allylic oxidation sites excluding steroid dienone is 1. The first-order chi connectivity index (χ1) is 5.33. The highest BCUT2D eigenvalue weighted by Crippen LogP contribution is 2.03. The van der Waals surface area contributed by atoms with Crippen molar-refractivity contribution in [2.24, 2.45) is 0 Å². The molecule has 0 aliphatic heterocycles. The Kier molecular flexibility index (Phi) is 2.65. The number of hydrogen-bond donors (Lipinski definition) is 0. The summed E-state index contributed by atoms with van der Waals surface area (Å²) in [5.41, 5.74) is 2.39. The molecule has 0 aromatic heterocycles. The molecule has 0 bridgehead atoms. The zero-order valence-corrected chi connectivity index (χ0v) is 6.50. The van der Waals surface area contributed by atoms with Gasteiger partial charge in [0.15, 0.2) is 0 Å². The average molecular weight is 146 g/mol. The number of rotatable bonds is 2. The molecule has 1 heteroatoms. The lowest BCUT2D eigenvalue weighted by molar-refractivity contribution is 0.568. The van der Waals surface area contributed by atoms with Gasteiger partial charge >= 0.3 is 0 Å². The van der Waals surface area contributed by atoms with Crippen LogP contribution in [0.3, 0.4) is 0 Å². The molecule has 0 spiro atoms. The van der Waals surface area contributed by atoms with E-state index in [1.807, 2.05) is 31.2 Å². The molecule has 1 nitrogen and oxygen atoms in total. The highest BCUT2D eigenvalue weighted by atomic mass is 16.1. The van der Waals surface area contributed by atoms with E-state index in [9.17, 15) is 4.79 Å². The lowest BCUT2D eigenvalue weighted by Gasteiger charge is -1.94. The fourth-order valence-electron chi connectivity index (χ4n) is 0.884. The minimum absolute atomic E-state index is 0.684. The molecule has 0 aliphatic rings. The Bertz CT molecular complexity index is 265. The molecule has 0 radical (unpaired) electrons. The van der Waals surface area contributed by atoms with Crippen LogP contribution in [0.1, 0.15) is 11.1 Å². The Morgan fingerprint density at radius 3 is 2.55 bits per heavy atom. The van der Waals surface area contributed by atoms with Crippen LogP contribution in [0.15, 0.2) is 30.3 Å². The molecule has 0 N–H and O–H groups in total. The third-order valence-electron chi connectivity index (χ3n) is 1.54. The highest BCUT2D eigenvalue weighted by Gasteiger charge is 1.87. The summed E-state index contributed by atoms with van der Waals surface area (Å²) in [4.78, 5) is 9.86. The predicted octanol–water partition coefficient (Wildman–Crippen LogP) is 1.93. The summed E-state index contributed by atoms with van der Waals surface area (Å²) < 4.78 is 0. The van der Waals surface area contributed by atoms with Gasteiger partial charge in [-0.25, -0.2) is 4.79 Å². The normalized spacial score (nSPS) is 8.82. The lowest BCUT2D eigenvalue weighted by Crippen LogP contribution is -1.80. The van der Waals surface area contributed by atoms with Crippen molar-refractivity contribution in [3.05, 3.63) is 41.5 Å². The van der Waals surface area contributed by atoms with Gasteiger partial charge in [-0.2, -0.15) is 0 Å². The third-order valence-corrected chi connectivity index (χ3v) is 1.54. The quantitative estimate of drug-likeness (QED) is 0.582. The lowest BCUT2D eigenvalue weighted by atomic mass is 10.1. The third kappa shape index (κ3) is 2.40. The van der Waals surface area contributed by atoms with Crippen LogP contribution < -0.4 is 0 Å². The molecule has 0 saturated carbocycles. The maximum Gasteiger partial charge on any atom is 0.120 e. The van der Waals surface area contributed by atoms with Gasteiger partial charge in [-0.05, 0) is 12.5 Å². The van der Waals surface area contributed by atoms with Crippen LogP contribution in [-0.4, -0.2) is 5.94 Å². The van der Waals surface area contributed by atoms with Crippen molar-refractivity contribution in [3.63, 3.8) is 0 Å². The van der Waals surface area contributed by atoms with Crippen molar-refractivity contribution in [1.82, 2.24) is 0 Å². The summed E-state index contributed by atoms with van der Waals surface area (Å²) >= 11 is 0. The second-order valence-corrected chi connectivity index (χ2v) is 2.51. The standard InChI is InChI=1S/C10H10O/c1-9-4-6-10(7-5-9)3-2-8-11/h2,4-7H,3H2,1H3. The van der Waals surface area contributed by atoms with Crippen molar-refractivity contribution in [3.8, 4) is 0 Å². The van der Waals surface area contributed by atoms with Crippen LogP contribution >= 0.6 is 0 Å². The van der Waals surface area contributed by atoms with E-state index >= 15 is 0 Å². The Labute approximate surface area is 66.4 Å². The van der Waals surface area contributed by atoms with Gasteiger partial charge in [0.05, 0.1) is 0 Å². The van der Waals surface area contributed by atoms with E-state index in [-0.39, 0.29) is 0 Å². The molecule has 0 saturated heterocycles. The molecule has 1 aromatic carbocycles. The summed E-state index contributed by atoms with van der Waals surface area (Å²) in [6, 6.07) is 8.11. The first-order valence-electron chi connectivity index (χ1n) is 3.58. The molecule has 0 aliphatic carbocycles. The number of carbonyl (C=O) groups excluding carboxylic acids is 1. The molecule has 0 fully saturated rings. The predicted molar refractivity (Wildman–Crippen MR) is 45.1 cm³/mol. The van der Waals surface area contributed by atoms with Crippen LogP contribution in [0.2, 0.25) is 0 Å². The minimum Gasteiger partial charge on any atom is -0.234 e. The smallest absolute Gasteiger partial charge is 0.120 e. The van der Waals surface area contributed by atoms with Crippen molar-refractivity contribution >= 4 is 5.94 Å².